The van der Waals surface area contributed by atoms with Crippen molar-refractivity contribution in [1.82, 2.24) is 5.32 Å². The largest absolute Gasteiger partial charge is 0.393 e. The normalized spacial score (nSPS) is 31.0. The number of hydrogen-bond acceptors (Lipinski definition) is 2. The van der Waals surface area contributed by atoms with Gasteiger partial charge in [0.15, 0.2) is 0 Å². The molecular weight excluding hydrogens is 318 g/mol. The first kappa shape index (κ1) is 17.1. The van der Waals surface area contributed by atoms with Gasteiger partial charge in [-0.2, -0.15) is 0 Å². The highest BCUT2D eigenvalue weighted by Gasteiger charge is 2.19. The van der Waals surface area contributed by atoms with E-state index in [1.807, 2.05) is 0 Å². The van der Waals surface area contributed by atoms with Crippen molar-refractivity contribution in [3.05, 3.63) is 89.2 Å². The molecular formula is C24H27NO. The fourth-order valence-electron chi connectivity index (χ4n) is 4.01. The van der Waals surface area contributed by atoms with Crippen LogP contribution in [0.5, 0.6) is 0 Å². The zero-order chi connectivity index (χ0) is 17.8. The Hall–Kier alpha value is -2.32. The molecule has 1 fully saturated rings. The Morgan fingerprint density at radius 1 is 0.846 bits per heavy atom. The number of benzene rings is 1. The first-order valence-corrected chi connectivity index (χ1v) is 9.76. The maximum atomic E-state index is 9.67. The maximum Gasteiger partial charge on any atom is 0.0541 e. The van der Waals surface area contributed by atoms with Gasteiger partial charge in [-0.1, -0.05) is 60.7 Å². The molecule has 2 N–H and O–H groups in total. The number of rotatable bonds is 3. The van der Waals surface area contributed by atoms with Crippen LogP contribution in [0.1, 0.15) is 44.1 Å². The zero-order valence-electron chi connectivity index (χ0n) is 15.2. The summed E-state index contributed by atoms with van der Waals surface area (Å²) in [6.07, 6.45) is 19.4. The van der Waals surface area contributed by atoms with Crippen LogP contribution >= 0.6 is 0 Å². The van der Waals surface area contributed by atoms with Crippen LogP contribution in [0.25, 0.3) is 5.57 Å². The highest BCUT2D eigenvalue weighted by molar-refractivity contribution is 5.74. The van der Waals surface area contributed by atoms with Crippen LogP contribution in [0, 0.1) is 0 Å². The number of nitrogens with one attached hydrogen (secondary N) is 1. The molecule has 134 valence electrons. The molecule has 0 radical (unpaired) electrons. The van der Waals surface area contributed by atoms with Gasteiger partial charge in [0.2, 0.25) is 0 Å². The van der Waals surface area contributed by atoms with E-state index in [2.05, 4.69) is 72.1 Å². The second-order valence-corrected chi connectivity index (χ2v) is 7.46. The maximum absolute atomic E-state index is 9.67. The third-order valence-electron chi connectivity index (χ3n) is 5.57. The fourth-order valence-corrected chi connectivity index (χ4v) is 4.01. The Kier molecular flexibility index (Phi) is 5.21. The minimum absolute atomic E-state index is 0.0987. The van der Waals surface area contributed by atoms with E-state index in [1.54, 1.807) is 0 Å². The van der Waals surface area contributed by atoms with Crippen molar-refractivity contribution < 1.29 is 5.11 Å². The molecule has 4 rings (SSSR count). The molecule has 0 aromatic heterocycles. The molecule has 1 aromatic carbocycles. The van der Waals surface area contributed by atoms with Crippen molar-refractivity contribution in [1.29, 1.82) is 0 Å². The summed E-state index contributed by atoms with van der Waals surface area (Å²) in [5.41, 5.74) is 6.64. The molecule has 26 heavy (non-hydrogen) atoms. The van der Waals surface area contributed by atoms with Gasteiger partial charge in [0.25, 0.3) is 0 Å². The Morgan fingerprint density at radius 2 is 1.65 bits per heavy atom. The minimum atomic E-state index is -0.0987. The zero-order valence-corrected chi connectivity index (χ0v) is 15.2. The van der Waals surface area contributed by atoms with Gasteiger partial charge in [-0.05, 0) is 66.9 Å². The van der Waals surface area contributed by atoms with Gasteiger partial charge in [-0.3, -0.25) is 0 Å². The number of fused-ring (bicyclic) bond motifs is 1. The van der Waals surface area contributed by atoms with Crippen LogP contribution in [0.3, 0.4) is 0 Å². The van der Waals surface area contributed by atoms with Crippen LogP contribution in [0.2, 0.25) is 0 Å². The second kappa shape index (κ2) is 7.92. The average molecular weight is 345 g/mol. The molecule has 0 atom stereocenters. The minimum Gasteiger partial charge on any atom is -0.393 e. The van der Waals surface area contributed by atoms with Gasteiger partial charge in [0.05, 0.1) is 6.10 Å². The number of aliphatic hydroxyl groups excluding tert-OH is 1. The van der Waals surface area contributed by atoms with E-state index in [0.29, 0.717) is 6.04 Å². The SMILES string of the molecule is OC1CCC(NC2=C/C/C=C3/CC(c4ccccc4)=CC=C3/C=C\2)CC1. The molecule has 3 aliphatic carbocycles. The highest BCUT2D eigenvalue weighted by Crippen LogP contribution is 2.32. The molecule has 0 heterocycles. The summed E-state index contributed by atoms with van der Waals surface area (Å²) in [6, 6.07) is 11.1. The summed E-state index contributed by atoms with van der Waals surface area (Å²) >= 11 is 0. The quantitative estimate of drug-likeness (QED) is 0.802. The third kappa shape index (κ3) is 4.08. The van der Waals surface area contributed by atoms with Gasteiger partial charge in [-0.25, -0.2) is 0 Å². The van der Waals surface area contributed by atoms with E-state index in [4.69, 9.17) is 0 Å². The van der Waals surface area contributed by atoms with Crippen molar-refractivity contribution in [2.75, 3.05) is 0 Å². The predicted octanol–water partition coefficient (Wildman–Crippen LogP) is 5.06. The van der Waals surface area contributed by atoms with Crippen molar-refractivity contribution in [2.24, 2.45) is 0 Å². The Morgan fingerprint density at radius 3 is 2.46 bits per heavy atom. The summed E-state index contributed by atoms with van der Waals surface area (Å²) in [6.45, 7) is 0. The van der Waals surface area contributed by atoms with E-state index in [1.165, 1.54) is 28.0 Å². The van der Waals surface area contributed by atoms with Crippen LogP contribution in [-0.4, -0.2) is 17.3 Å². The Bertz CT molecular complexity index is 787. The first-order chi connectivity index (χ1) is 12.8. The van der Waals surface area contributed by atoms with E-state index in [9.17, 15) is 5.11 Å². The third-order valence-corrected chi connectivity index (χ3v) is 5.57. The lowest BCUT2D eigenvalue weighted by Crippen LogP contribution is -2.33. The summed E-state index contributed by atoms with van der Waals surface area (Å²) < 4.78 is 0. The Labute approximate surface area is 156 Å². The predicted molar refractivity (Wildman–Crippen MR) is 108 cm³/mol. The van der Waals surface area contributed by atoms with Gasteiger partial charge in [-0.15, -0.1) is 0 Å². The van der Waals surface area contributed by atoms with E-state index in [0.717, 1.165) is 38.5 Å². The van der Waals surface area contributed by atoms with Crippen LogP contribution in [-0.2, 0) is 0 Å². The topological polar surface area (TPSA) is 32.3 Å². The molecule has 1 saturated carbocycles. The molecule has 3 aliphatic rings. The fraction of sp³-hybridized carbons (Fsp3) is 0.333. The van der Waals surface area contributed by atoms with Gasteiger partial charge >= 0.3 is 0 Å². The van der Waals surface area contributed by atoms with Gasteiger partial charge < -0.3 is 10.4 Å². The average Bonchev–Trinajstić information content (AvgIpc) is 2.67. The molecule has 0 bridgehead atoms. The van der Waals surface area contributed by atoms with Crippen LogP contribution in [0.4, 0.5) is 0 Å². The number of allylic oxidation sites excluding steroid dienone is 9. The molecule has 2 nitrogen and oxygen atoms in total. The highest BCUT2D eigenvalue weighted by atomic mass is 16.3. The van der Waals surface area contributed by atoms with E-state index >= 15 is 0 Å². The van der Waals surface area contributed by atoms with Gasteiger partial charge in [0.1, 0.15) is 0 Å². The van der Waals surface area contributed by atoms with Crippen molar-refractivity contribution in [3.63, 3.8) is 0 Å². The summed E-state index contributed by atoms with van der Waals surface area (Å²) in [5.74, 6) is 0. The van der Waals surface area contributed by atoms with E-state index < -0.39 is 0 Å². The standard InChI is InChI=1S/C24H27NO/c26-24-15-13-23(14-16-24)25-22-8-4-7-20-17-21(10-9-19(20)11-12-22)18-5-2-1-3-6-18/h1-3,5-12,23-26H,4,13-17H2/b12-11-,20-7-,22-8+. The summed E-state index contributed by atoms with van der Waals surface area (Å²) in [7, 11) is 0. The van der Waals surface area contributed by atoms with Crippen molar-refractivity contribution in [3.8, 4) is 0 Å². The molecule has 0 unspecified atom stereocenters. The van der Waals surface area contributed by atoms with Crippen LogP contribution in [0.15, 0.2) is 83.6 Å². The molecule has 0 amide bonds. The molecule has 2 heteroatoms. The molecule has 0 spiro atoms. The summed E-state index contributed by atoms with van der Waals surface area (Å²) in [4.78, 5) is 0. The molecule has 0 saturated heterocycles. The van der Waals surface area contributed by atoms with Crippen molar-refractivity contribution in [2.45, 2.75) is 50.7 Å². The smallest absolute Gasteiger partial charge is 0.0541 e. The monoisotopic (exact) mass is 345 g/mol. The lowest BCUT2D eigenvalue weighted by Gasteiger charge is -2.28. The molecule has 1 aromatic rings. The summed E-state index contributed by atoms with van der Waals surface area (Å²) in [5, 5.41) is 13.3. The van der Waals surface area contributed by atoms with E-state index in [-0.39, 0.29) is 6.10 Å². The van der Waals surface area contributed by atoms with Gasteiger partial charge in [0, 0.05) is 11.7 Å². The van der Waals surface area contributed by atoms with Crippen molar-refractivity contribution >= 4 is 5.57 Å². The number of hydrogen-bond donors (Lipinski definition) is 2. The molecule has 0 aliphatic heterocycles. The number of aliphatic hydroxyl groups is 1. The second-order valence-electron chi connectivity index (χ2n) is 7.46. The Balaban J connectivity index is 1.47. The lowest BCUT2D eigenvalue weighted by molar-refractivity contribution is 0.119. The first-order valence-electron chi connectivity index (χ1n) is 9.76. The van der Waals surface area contributed by atoms with Crippen LogP contribution < -0.4 is 5.32 Å². The lowest BCUT2D eigenvalue weighted by atomic mass is 9.87.